The molecule has 0 bridgehead atoms. The maximum Gasteiger partial charge on any atom is 0.295 e. The number of methoxy groups -OCH3 is 1. The molecule has 0 spiro atoms. The molecule has 1 saturated heterocycles. The number of unbranched alkanes of at least 4 members (excludes halogenated alkanes) is 1. The first-order chi connectivity index (χ1) is 17.4. The van der Waals surface area contributed by atoms with Gasteiger partial charge >= 0.3 is 0 Å². The number of nitrogens with zero attached hydrogens (tertiary/aromatic N) is 2. The molecule has 1 amide bonds. The SMILES string of the molecule is CCCCOc1ccc(C(O)=C2C(=O)C(=O)N(CCN(CC)CC)C2c2ccc(O)c(OC)c2)cc1. The van der Waals surface area contributed by atoms with E-state index in [1.807, 2.05) is 13.8 Å². The molecule has 1 atom stereocenters. The number of phenolic OH excluding ortho intramolecular Hbond substituents is 1. The zero-order valence-corrected chi connectivity index (χ0v) is 21.5. The Kier molecular flexibility index (Phi) is 9.36. The number of carbonyl (C=O) groups is 2. The van der Waals surface area contributed by atoms with Crippen molar-refractivity contribution >= 4 is 17.4 Å². The number of Topliss-reactive ketones (excluding diaryl/α,β-unsaturated/α-hetero) is 1. The van der Waals surface area contributed by atoms with Crippen molar-refractivity contribution in [1.82, 2.24) is 9.80 Å². The fraction of sp³-hybridized carbons (Fsp3) is 0.429. The van der Waals surface area contributed by atoms with Gasteiger partial charge in [0, 0.05) is 18.7 Å². The number of aliphatic hydroxyl groups is 1. The summed E-state index contributed by atoms with van der Waals surface area (Å²) in [4.78, 5) is 30.0. The molecule has 0 aliphatic carbocycles. The first-order valence-electron chi connectivity index (χ1n) is 12.5. The van der Waals surface area contributed by atoms with E-state index in [9.17, 15) is 19.8 Å². The highest BCUT2D eigenvalue weighted by molar-refractivity contribution is 6.46. The van der Waals surface area contributed by atoms with E-state index < -0.39 is 17.7 Å². The van der Waals surface area contributed by atoms with Gasteiger partial charge in [0.05, 0.1) is 25.3 Å². The second kappa shape index (κ2) is 12.4. The molecule has 8 heteroatoms. The average Bonchev–Trinajstić information content (AvgIpc) is 3.14. The first kappa shape index (κ1) is 27.1. The fourth-order valence-electron chi connectivity index (χ4n) is 4.31. The van der Waals surface area contributed by atoms with Crippen LogP contribution in [0.2, 0.25) is 0 Å². The monoisotopic (exact) mass is 496 g/mol. The van der Waals surface area contributed by atoms with Gasteiger partial charge in [-0.05, 0) is 61.5 Å². The minimum atomic E-state index is -0.824. The van der Waals surface area contributed by atoms with Gasteiger partial charge in [-0.1, -0.05) is 33.3 Å². The third-order valence-corrected chi connectivity index (χ3v) is 6.51. The number of aromatic hydroxyl groups is 1. The molecular formula is C28H36N2O6. The van der Waals surface area contributed by atoms with Gasteiger partial charge in [0.25, 0.3) is 11.7 Å². The van der Waals surface area contributed by atoms with Crippen molar-refractivity contribution in [2.24, 2.45) is 0 Å². The number of hydrogen-bond acceptors (Lipinski definition) is 7. The average molecular weight is 497 g/mol. The zero-order valence-electron chi connectivity index (χ0n) is 21.5. The van der Waals surface area contributed by atoms with Gasteiger partial charge in [-0.3, -0.25) is 9.59 Å². The number of aliphatic hydroxyl groups excluding tert-OH is 1. The molecule has 194 valence electrons. The summed E-state index contributed by atoms with van der Waals surface area (Å²) >= 11 is 0. The van der Waals surface area contributed by atoms with Crippen LogP contribution < -0.4 is 9.47 Å². The van der Waals surface area contributed by atoms with E-state index in [1.54, 1.807) is 36.4 Å². The molecule has 36 heavy (non-hydrogen) atoms. The number of amides is 1. The minimum absolute atomic E-state index is 0.00643. The van der Waals surface area contributed by atoms with Crippen molar-refractivity contribution in [3.63, 3.8) is 0 Å². The van der Waals surface area contributed by atoms with Crippen LogP contribution in [0.25, 0.3) is 5.76 Å². The summed E-state index contributed by atoms with van der Waals surface area (Å²) in [5.41, 5.74) is 0.978. The molecule has 8 nitrogen and oxygen atoms in total. The van der Waals surface area contributed by atoms with Gasteiger partial charge in [0.2, 0.25) is 0 Å². The number of hydrogen-bond donors (Lipinski definition) is 2. The molecule has 2 aromatic rings. The number of carbonyl (C=O) groups excluding carboxylic acids is 2. The predicted molar refractivity (Wildman–Crippen MR) is 138 cm³/mol. The Bertz CT molecular complexity index is 1090. The van der Waals surface area contributed by atoms with Crippen LogP contribution in [0, 0.1) is 0 Å². The lowest BCUT2D eigenvalue weighted by Gasteiger charge is -2.28. The normalized spacial score (nSPS) is 17.1. The zero-order chi connectivity index (χ0) is 26.2. The van der Waals surface area contributed by atoms with Crippen molar-refractivity contribution in [2.75, 3.05) is 39.9 Å². The lowest BCUT2D eigenvalue weighted by atomic mass is 9.95. The third-order valence-electron chi connectivity index (χ3n) is 6.51. The van der Waals surface area contributed by atoms with Crippen molar-refractivity contribution in [3.8, 4) is 17.2 Å². The molecule has 1 heterocycles. The molecule has 3 rings (SSSR count). The van der Waals surface area contributed by atoms with Gasteiger partial charge in [0.15, 0.2) is 11.5 Å². The van der Waals surface area contributed by atoms with Gasteiger partial charge in [-0.15, -0.1) is 0 Å². The number of phenols is 1. The van der Waals surface area contributed by atoms with E-state index in [4.69, 9.17) is 9.47 Å². The molecule has 1 unspecified atom stereocenters. The standard InChI is InChI=1S/C28H36N2O6/c1-5-8-17-36-21-12-9-19(10-13-21)26(32)24-25(20-11-14-22(31)23(18-20)35-4)30(28(34)27(24)33)16-15-29(6-2)7-3/h9-14,18,25,31-32H,5-8,15-17H2,1-4H3. The Labute approximate surface area is 212 Å². The van der Waals surface area contributed by atoms with E-state index in [2.05, 4.69) is 11.8 Å². The molecule has 1 aliphatic rings. The van der Waals surface area contributed by atoms with E-state index in [-0.39, 0.29) is 22.8 Å². The molecule has 2 aromatic carbocycles. The second-order valence-electron chi connectivity index (χ2n) is 8.68. The highest BCUT2D eigenvalue weighted by Gasteiger charge is 2.46. The van der Waals surface area contributed by atoms with Crippen LogP contribution in [-0.2, 0) is 9.59 Å². The summed E-state index contributed by atoms with van der Waals surface area (Å²) in [6, 6.07) is 10.7. The highest BCUT2D eigenvalue weighted by Crippen LogP contribution is 2.41. The van der Waals surface area contributed by atoms with Crippen LogP contribution in [0.3, 0.4) is 0 Å². The van der Waals surface area contributed by atoms with Crippen LogP contribution >= 0.6 is 0 Å². The van der Waals surface area contributed by atoms with Gasteiger partial charge in [-0.25, -0.2) is 0 Å². The Balaban J connectivity index is 2.04. The molecule has 0 aromatic heterocycles. The number of ether oxygens (including phenoxy) is 2. The first-order valence-corrected chi connectivity index (χ1v) is 12.5. The lowest BCUT2D eigenvalue weighted by Crippen LogP contribution is -2.38. The Morgan fingerprint density at radius 3 is 2.36 bits per heavy atom. The largest absolute Gasteiger partial charge is 0.507 e. The maximum atomic E-state index is 13.2. The van der Waals surface area contributed by atoms with E-state index in [1.165, 1.54) is 18.1 Å². The second-order valence-corrected chi connectivity index (χ2v) is 8.68. The third kappa shape index (κ3) is 5.82. The molecule has 1 aliphatic heterocycles. The van der Waals surface area contributed by atoms with Crippen molar-refractivity contribution in [1.29, 1.82) is 0 Å². The summed E-state index contributed by atoms with van der Waals surface area (Å²) in [5.74, 6) is -0.835. The Morgan fingerprint density at radius 2 is 1.75 bits per heavy atom. The Hall–Kier alpha value is -3.52. The van der Waals surface area contributed by atoms with Gasteiger partial charge in [-0.2, -0.15) is 0 Å². The summed E-state index contributed by atoms with van der Waals surface area (Å²) in [6.45, 7) is 9.27. The fourth-order valence-corrected chi connectivity index (χ4v) is 4.31. The predicted octanol–water partition coefficient (Wildman–Crippen LogP) is 4.34. The number of ketones is 1. The van der Waals surface area contributed by atoms with Gasteiger partial charge < -0.3 is 29.5 Å². The number of benzene rings is 2. The number of rotatable bonds is 12. The smallest absolute Gasteiger partial charge is 0.295 e. The van der Waals surface area contributed by atoms with Crippen molar-refractivity contribution in [2.45, 2.75) is 39.7 Å². The van der Waals surface area contributed by atoms with Crippen LogP contribution in [0.5, 0.6) is 17.2 Å². The topological polar surface area (TPSA) is 99.5 Å². The van der Waals surface area contributed by atoms with Crippen molar-refractivity contribution in [3.05, 3.63) is 59.2 Å². The number of likely N-dealkylation sites (tertiary alicyclic amines) is 1. The maximum absolute atomic E-state index is 13.2. The summed E-state index contributed by atoms with van der Waals surface area (Å²) in [6.07, 6.45) is 1.96. The number of likely N-dealkylation sites (N-methyl/N-ethyl adjacent to an activating group) is 1. The van der Waals surface area contributed by atoms with Crippen LogP contribution in [-0.4, -0.2) is 71.6 Å². The van der Waals surface area contributed by atoms with E-state index in [0.717, 1.165) is 25.9 Å². The molecule has 0 saturated carbocycles. The van der Waals surface area contributed by atoms with Gasteiger partial charge in [0.1, 0.15) is 11.5 Å². The van der Waals surface area contributed by atoms with Crippen LogP contribution in [0.15, 0.2) is 48.0 Å². The molecule has 0 radical (unpaired) electrons. The van der Waals surface area contributed by atoms with Crippen LogP contribution in [0.4, 0.5) is 0 Å². The van der Waals surface area contributed by atoms with Crippen molar-refractivity contribution < 1.29 is 29.3 Å². The highest BCUT2D eigenvalue weighted by atomic mass is 16.5. The molecule has 2 N–H and O–H groups in total. The molecule has 1 fully saturated rings. The molecular weight excluding hydrogens is 460 g/mol. The quantitative estimate of drug-likeness (QED) is 0.195. The minimum Gasteiger partial charge on any atom is -0.507 e. The summed E-state index contributed by atoms with van der Waals surface area (Å²) in [7, 11) is 1.43. The summed E-state index contributed by atoms with van der Waals surface area (Å²) < 4.78 is 11.0. The van der Waals surface area contributed by atoms with E-state index >= 15 is 0 Å². The Morgan fingerprint density at radius 1 is 1.06 bits per heavy atom. The van der Waals surface area contributed by atoms with Crippen LogP contribution in [0.1, 0.15) is 50.8 Å². The van der Waals surface area contributed by atoms with E-state index in [0.29, 0.717) is 36.6 Å². The lowest BCUT2D eigenvalue weighted by molar-refractivity contribution is -0.140. The summed E-state index contributed by atoms with van der Waals surface area (Å²) in [5, 5.41) is 21.4.